The van der Waals surface area contributed by atoms with Crippen molar-refractivity contribution < 1.29 is 4.74 Å². The Labute approximate surface area is 197 Å². The van der Waals surface area contributed by atoms with E-state index < -0.39 is 0 Å². The first-order valence-corrected chi connectivity index (χ1v) is 11.5. The Bertz CT molecular complexity index is 1270. The van der Waals surface area contributed by atoms with Gasteiger partial charge in [-0.1, -0.05) is 23.7 Å². The highest BCUT2D eigenvalue weighted by molar-refractivity contribution is 7.16. The van der Waals surface area contributed by atoms with Gasteiger partial charge in [-0.2, -0.15) is 0 Å². The second-order valence-electron chi connectivity index (χ2n) is 7.72. The number of rotatable bonds is 6. The number of nitrogens with zero attached hydrogens (tertiary/aromatic N) is 3. The Hall–Kier alpha value is -2.96. The van der Waals surface area contributed by atoms with E-state index in [9.17, 15) is 0 Å². The molecule has 0 fully saturated rings. The number of hydrogen-bond donors (Lipinski definition) is 1. The zero-order chi connectivity index (χ0) is 22.8. The van der Waals surface area contributed by atoms with Gasteiger partial charge in [-0.15, -0.1) is 11.3 Å². The summed E-state index contributed by atoms with van der Waals surface area (Å²) in [5.41, 5.74) is 6.27. The molecule has 0 radical (unpaired) electrons. The quantitative estimate of drug-likeness (QED) is 0.339. The van der Waals surface area contributed by atoms with E-state index in [0.29, 0.717) is 6.42 Å². The second-order valence-corrected chi connectivity index (χ2v) is 9.36. The maximum Gasteiger partial charge on any atom is 0.189 e. The van der Waals surface area contributed by atoms with Gasteiger partial charge >= 0.3 is 0 Å². The van der Waals surface area contributed by atoms with Crippen molar-refractivity contribution in [3.8, 4) is 17.0 Å². The third-order valence-corrected chi connectivity index (χ3v) is 6.45. The first-order chi connectivity index (χ1) is 15.3. The molecule has 164 valence electrons. The van der Waals surface area contributed by atoms with Crippen LogP contribution in [0.5, 0.6) is 5.75 Å². The molecule has 0 saturated heterocycles. The molecule has 0 atom stereocenters. The largest absolute Gasteiger partial charge is 0.496 e. The highest BCUT2D eigenvalue weighted by Crippen LogP contribution is 2.34. The Morgan fingerprint density at radius 3 is 2.41 bits per heavy atom. The molecule has 2 aromatic carbocycles. The van der Waals surface area contributed by atoms with Gasteiger partial charge in [0.25, 0.3) is 0 Å². The summed E-state index contributed by atoms with van der Waals surface area (Å²) in [5, 5.41) is 4.99. The highest BCUT2D eigenvalue weighted by atomic mass is 35.5. The highest BCUT2D eigenvalue weighted by Gasteiger charge is 2.16. The minimum atomic E-state index is 0.709. The molecule has 0 aliphatic rings. The molecule has 5 nitrogen and oxygen atoms in total. The van der Waals surface area contributed by atoms with Gasteiger partial charge in [0.05, 0.1) is 12.8 Å². The molecule has 4 rings (SSSR count). The monoisotopic (exact) mass is 464 g/mol. The summed E-state index contributed by atoms with van der Waals surface area (Å²) in [6, 6.07) is 14.0. The summed E-state index contributed by atoms with van der Waals surface area (Å²) in [5.74, 6) is 2.39. The molecule has 0 aliphatic heterocycles. The lowest BCUT2D eigenvalue weighted by atomic mass is 10.0. The minimum Gasteiger partial charge on any atom is -0.496 e. The van der Waals surface area contributed by atoms with Crippen LogP contribution >= 0.6 is 22.9 Å². The number of anilines is 2. The number of benzene rings is 2. The summed E-state index contributed by atoms with van der Waals surface area (Å²) >= 11 is 7.67. The fourth-order valence-electron chi connectivity index (χ4n) is 3.70. The SMILES string of the molecule is COc1ccc(-c2nc(Nc3nc(C)nc(C)c3Cc3ccc(Cl)cc3)sc2C)cc1C. The fraction of sp³-hybridized carbons (Fsp3) is 0.240. The van der Waals surface area contributed by atoms with E-state index in [1.807, 2.05) is 57.2 Å². The lowest BCUT2D eigenvalue weighted by molar-refractivity contribution is 0.412. The van der Waals surface area contributed by atoms with Crippen molar-refractivity contribution in [2.45, 2.75) is 34.1 Å². The zero-order valence-corrected chi connectivity index (χ0v) is 20.4. The number of nitrogens with one attached hydrogen (secondary N) is 1. The summed E-state index contributed by atoms with van der Waals surface area (Å²) in [6.07, 6.45) is 0.709. The minimum absolute atomic E-state index is 0.709. The third-order valence-electron chi connectivity index (χ3n) is 5.31. The van der Waals surface area contributed by atoms with E-state index in [1.54, 1.807) is 18.4 Å². The maximum atomic E-state index is 6.05. The molecular formula is C25H25ClN4OS. The molecule has 0 spiro atoms. The standard InChI is InChI=1S/C25H25ClN4OS/c1-14-12-19(8-11-22(14)31-5)23-16(3)32-25(29-23)30-24-21(15(2)27-17(4)28-24)13-18-6-9-20(26)10-7-18/h6-12H,13H2,1-5H3,(H,27,28,29,30). The van der Waals surface area contributed by atoms with Crippen molar-refractivity contribution >= 4 is 33.9 Å². The van der Waals surface area contributed by atoms with E-state index in [-0.39, 0.29) is 0 Å². The van der Waals surface area contributed by atoms with Crippen molar-refractivity contribution in [1.82, 2.24) is 15.0 Å². The zero-order valence-electron chi connectivity index (χ0n) is 18.8. The van der Waals surface area contributed by atoms with Gasteiger partial charge < -0.3 is 10.1 Å². The second kappa shape index (κ2) is 9.27. The number of hydrogen-bond acceptors (Lipinski definition) is 6. The molecule has 7 heteroatoms. The van der Waals surface area contributed by atoms with Crippen LogP contribution in [0.25, 0.3) is 11.3 Å². The molecule has 2 aromatic heterocycles. The summed E-state index contributed by atoms with van der Waals surface area (Å²) < 4.78 is 5.39. The van der Waals surface area contributed by atoms with E-state index >= 15 is 0 Å². The topological polar surface area (TPSA) is 59.9 Å². The average molecular weight is 465 g/mol. The number of methoxy groups -OCH3 is 1. The van der Waals surface area contributed by atoms with Gasteiger partial charge in [0.15, 0.2) is 5.13 Å². The number of ether oxygens (including phenoxy) is 1. The molecule has 1 N–H and O–H groups in total. The van der Waals surface area contributed by atoms with Crippen molar-refractivity contribution in [1.29, 1.82) is 0 Å². The van der Waals surface area contributed by atoms with E-state index in [2.05, 4.69) is 23.3 Å². The van der Waals surface area contributed by atoms with Gasteiger partial charge in [-0.05, 0) is 69.2 Å². The van der Waals surface area contributed by atoms with Crippen molar-refractivity contribution in [3.63, 3.8) is 0 Å². The van der Waals surface area contributed by atoms with Crippen molar-refractivity contribution in [3.05, 3.63) is 80.6 Å². The van der Waals surface area contributed by atoms with Crippen LogP contribution in [-0.2, 0) is 6.42 Å². The lowest BCUT2D eigenvalue weighted by Crippen LogP contribution is -2.06. The molecular weight excluding hydrogens is 440 g/mol. The van der Waals surface area contributed by atoms with Gasteiger partial charge in [0, 0.05) is 33.1 Å². The third kappa shape index (κ3) is 4.76. The number of aromatic nitrogens is 3. The van der Waals surface area contributed by atoms with Crippen LogP contribution in [0.1, 0.15) is 33.1 Å². The molecule has 0 bridgehead atoms. The normalized spacial score (nSPS) is 10.9. The fourth-order valence-corrected chi connectivity index (χ4v) is 4.66. The Kier molecular flexibility index (Phi) is 6.44. The molecule has 0 amide bonds. The van der Waals surface area contributed by atoms with Crippen LogP contribution < -0.4 is 10.1 Å². The van der Waals surface area contributed by atoms with Gasteiger partial charge in [-0.25, -0.2) is 15.0 Å². The molecule has 0 aliphatic carbocycles. The first-order valence-electron chi connectivity index (χ1n) is 10.3. The van der Waals surface area contributed by atoms with Crippen LogP contribution in [0.3, 0.4) is 0 Å². The van der Waals surface area contributed by atoms with Crippen molar-refractivity contribution in [2.75, 3.05) is 12.4 Å². The summed E-state index contributed by atoms with van der Waals surface area (Å²) in [4.78, 5) is 15.3. The first kappa shape index (κ1) is 22.2. The van der Waals surface area contributed by atoms with Crippen LogP contribution in [0.4, 0.5) is 10.9 Å². The van der Waals surface area contributed by atoms with Gasteiger partial charge in [0.1, 0.15) is 17.4 Å². The number of aryl methyl sites for hydroxylation is 4. The van der Waals surface area contributed by atoms with Gasteiger partial charge in [-0.3, -0.25) is 0 Å². The Morgan fingerprint density at radius 1 is 0.969 bits per heavy atom. The predicted octanol–water partition coefficient (Wildman–Crippen LogP) is 6.83. The number of thiazole rings is 1. The summed E-state index contributed by atoms with van der Waals surface area (Å²) in [7, 11) is 1.69. The smallest absolute Gasteiger partial charge is 0.189 e. The molecule has 2 heterocycles. The Balaban J connectivity index is 1.66. The summed E-state index contributed by atoms with van der Waals surface area (Å²) in [6.45, 7) is 8.05. The van der Waals surface area contributed by atoms with Crippen LogP contribution in [0.15, 0.2) is 42.5 Å². The average Bonchev–Trinajstić information content (AvgIpc) is 3.11. The Morgan fingerprint density at radius 2 is 1.72 bits per heavy atom. The molecule has 0 unspecified atom stereocenters. The molecule has 0 saturated carbocycles. The lowest BCUT2D eigenvalue weighted by Gasteiger charge is -2.13. The van der Waals surface area contributed by atoms with Crippen LogP contribution in [0, 0.1) is 27.7 Å². The number of halogens is 1. The van der Waals surface area contributed by atoms with Crippen LogP contribution in [-0.4, -0.2) is 22.1 Å². The van der Waals surface area contributed by atoms with Crippen molar-refractivity contribution in [2.24, 2.45) is 0 Å². The van der Waals surface area contributed by atoms with E-state index in [4.69, 9.17) is 26.3 Å². The van der Waals surface area contributed by atoms with E-state index in [1.165, 1.54) is 0 Å². The molecule has 32 heavy (non-hydrogen) atoms. The van der Waals surface area contributed by atoms with E-state index in [0.717, 1.165) is 66.1 Å². The maximum absolute atomic E-state index is 6.05. The van der Waals surface area contributed by atoms with Gasteiger partial charge in [0.2, 0.25) is 0 Å². The predicted molar refractivity (Wildman–Crippen MR) is 133 cm³/mol. The van der Waals surface area contributed by atoms with Crippen LogP contribution in [0.2, 0.25) is 5.02 Å². The molecule has 4 aromatic rings.